The third kappa shape index (κ3) is 4.90. The van der Waals surface area contributed by atoms with Gasteiger partial charge >= 0.3 is 0 Å². The summed E-state index contributed by atoms with van der Waals surface area (Å²) in [6.07, 6.45) is 3.67. The molecule has 0 aliphatic heterocycles. The molecule has 1 aromatic rings. The Bertz CT molecular complexity index is 251. The highest BCUT2D eigenvalue weighted by Crippen LogP contribution is 2.16. The average molecular weight is 194 g/mol. The van der Waals surface area contributed by atoms with Crippen LogP contribution < -0.4 is 0 Å². The van der Waals surface area contributed by atoms with E-state index < -0.39 is 0 Å². The molecule has 80 valence electrons. The van der Waals surface area contributed by atoms with Crippen molar-refractivity contribution in [3.05, 3.63) is 29.3 Å². The highest BCUT2D eigenvalue weighted by atomic mass is 16.3. The zero-order chi connectivity index (χ0) is 11.0. The minimum Gasteiger partial charge on any atom is -0.508 e. The number of phenolic OH excluding ortho intramolecular Hbond substituents is 1. The average Bonchev–Trinajstić information content (AvgIpc) is 2.22. The summed E-state index contributed by atoms with van der Waals surface area (Å²) in [5, 5.41) is 9.14. The Labute approximate surface area is 87.8 Å². The molecule has 0 amide bonds. The third-order valence-corrected chi connectivity index (χ3v) is 2.17. The number of rotatable bonds is 2. The number of phenols is 1. The van der Waals surface area contributed by atoms with Gasteiger partial charge in [-0.3, -0.25) is 0 Å². The van der Waals surface area contributed by atoms with Gasteiger partial charge in [0.25, 0.3) is 0 Å². The van der Waals surface area contributed by atoms with Crippen molar-refractivity contribution in [3.63, 3.8) is 0 Å². The first kappa shape index (κ1) is 13.0. The first-order valence-electron chi connectivity index (χ1n) is 5.44. The summed E-state index contributed by atoms with van der Waals surface area (Å²) in [5.41, 5.74) is 2.23. The zero-order valence-electron chi connectivity index (χ0n) is 9.80. The van der Waals surface area contributed by atoms with E-state index in [4.69, 9.17) is 5.11 Å². The molecular weight excluding hydrogens is 172 g/mol. The lowest BCUT2D eigenvalue weighted by atomic mass is 10.1. The number of unbranched alkanes of at least 4 members (excludes halogenated alkanes) is 1. The number of hydrogen-bond donors (Lipinski definition) is 1. The Morgan fingerprint density at radius 3 is 2.00 bits per heavy atom. The molecule has 0 saturated carbocycles. The Hall–Kier alpha value is -0.980. The third-order valence-electron chi connectivity index (χ3n) is 2.17. The van der Waals surface area contributed by atoms with E-state index in [0.717, 1.165) is 12.0 Å². The Morgan fingerprint density at radius 1 is 1.07 bits per heavy atom. The van der Waals surface area contributed by atoms with Gasteiger partial charge in [0.2, 0.25) is 0 Å². The van der Waals surface area contributed by atoms with Gasteiger partial charge in [-0.05, 0) is 30.5 Å². The van der Waals surface area contributed by atoms with Gasteiger partial charge in [-0.15, -0.1) is 0 Å². The van der Waals surface area contributed by atoms with Gasteiger partial charge < -0.3 is 5.11 Å². The number of aryl methyl sites for hydroxylation is 2. The predicted octanol–water partition coefficient (Wildman–Crippen LogP) is 4.07. The molecule has 1 heteroatoms. The van der Waals surface area contributed by atoms with Gasteiger partial charge in [-0.25, -0.2) is 0 Å². The fraction of sp³-hybridized carbons (Fsp3) is 0.538. The summed E-state index contributed by atoms with van der Waals surface area (Å²) >= 11 is 0. The van der Waals surface area contributed by atoms with E-state index in [0.29, 0.717) is 5.75 Å². The summed E-state index contributed by atoms with van der Waals surface area (Å²) in [7, 11) is 0. The molecule has 0 unspecified atom stereocenters. The summed E-state index contributed by atoms with van der Waals surface area (Å²) in [4.78, 5) is 0. The van der Waals surface area contributed by atoms with Gasteiger partial charge in [-0.2, -0.15) is 0 Å². The highest BCUT2D eigenvalue weighted by molar-refractivity contribution is 5.34. The molecule has 0 spiro atoms. The van der Waals surface area contributed by atoms with Crippen LogP contribution in [0.2, 0.25) is 0 Å². The summed E-state index contributed by atoms with van der Waals surface area (Å²) in [5.74, 6) is 0.386. The molecule has 0 heterocycles. The second-order valence-electron chi connectivity index (χ2n) is 3.47. The lowest BCUT2D eigenvalue weighted by molar-refractivity contribution is 0.471. The highest BCUT2D eigenvalue weighted by Gasteiger charge is 1.94. The predicted molar refractivity (Wildman–Crippen MR) is 62.8 cm³/mol. The molecular formula is C13H22O. The van der Waals surface area contributed by atoms with Crippen LogP contribution in [0.4, 0.5) is 0 Å². The lowest BCUT2D eigenvalue weighted by Gasteiger charge is -1.99. The molecule has 1 rings (SSSR count). The van der Waals surface area contributed by atoms with Gasteiger partial charge in [0, 0.05) is 0 Å². The number of hydrogen-bond acceptors (Lipinski definition) is 1. The normalized spacial score (nSPS) is 9.14. The Kier molecular flexibility index (Phi) is 6.91. The molecule has 0 aromatic heterocycles. The van der Waals surface area contributed by atoms with E-state index >= 15 is 0 Å². The van der Waals surface area contributed by atoms with Crippen LogP contribution in [0.3, 0.4) is 0 Å². The van der Waals surface area contributed by atoms with Gasteiger partial charge in [0.1, 0.15) is 5.75 Å². The van der Waals surface area contributed by atoms with Crippen LogP contribution in [0.5, 0.6) is 5.75 Å². The first-order valence-corrected chi connectivity index (χ1v) is 5.44. The van der Waals surface area contributed by atoms with E-state index in [1.165, 1.54) is 18.4 Å². The molecule has 1 aromatic carbocycles. The van der Waals surface area contributed by atoms with Crippen LogP contribution in [0.25, 0.3) is 0 Å². The molecule has 14 heavy (non-hydrogen) atoms. The Balaban J connectivity index is 0.000000364. The molecule has 0 fully saturated rings. The van der Waals surface area contributed by atoms with Gasteiger partial charge in [0.15, 0.2) is 0 Å². The van der Waals surface area contributed by atoms with Crippen molar-refractivity contribution in [2.75, 3.05) is 0 Å². The van der Waals surface area contributed by atoms with Crippen molar-refractivity contribution >= 4 is 0 Å². The molecule has 0 saturated heterocycles. The second kappa shape index (κ2) is 7.43. The van der Waals surface area contributed by atoms with E-state index in [2.05, 4.69) is 20.8 Å². The van der Waals surface area contributed by atoms with Crippen LogP contribution in [0, 0.1) is 6.92 Å². The lowest BCUT2D eigenvalue weighted by Crippen LogP contribution is -1.80. The molecule has 0 aliphatic carbocycles. The number of benzene rings is 1. The summed E-state index contributed by atoms with van der Waals surface area (Å²) in [6.45, 7) is 8.38. The van der Waals surface area contributed by atoms with E-state index in [-0.39, 0.29) is 0 Å². The minimum atomic E-state index is 0.386. The fourth-order valence-electron chi connectivity index (χ4n) is 0.937. The van der Waals surface area contributed by atoms with Crippen molar-refractivity contribution in [2.45, 2.75) is 47.0 Å². The molecule has 0 radical (unpaired) electrons. The van der Waals surface area contributed by atoms with Crippen molar-refractivity contribution in [2.24, 2.45) is 0 Å². The van der Waals surface area contributed by atoms with E-state index in [1.807, 2.05) is 19.1 Å². The van der Waals surface area contributed by atoms with Gasteiger partial charge in [-0.1, -0.05) is 45.7 Å². The standard InChI is InChI=1S/C9H12O.C4H10/c1-3-8-4-5-9(10)7(2)6-8;1-3-4-2/h4-6,10H,3H2,1-2H3;3-4H2,1-2H3. The van der Waals surface area contributed by atoms with Crippen molar-refractivity contribution < 1.29 is 5.11 Å². The first-order chi connectivity index (χ1) is 6.65. The van der Waals surface area contributed by atoms with E-state index in [9.17, 15) is 0 Å². The topological polar surface area (TPSA) is 20.2 Å². The smallest absolute Gasteiger partial charge is 0.118 e. The van der Waals surface area contributed by atoms with Crippen molar-refractivity contribution in [1.82, 2.24) is 0 Å². The molecule has 0 bridgehead atoms. The monoisotopic (exact) mass is 194 g/mol. The fourth-order valence-corrected chi connectivity index (χ4v) is 0.937. The van der Waals surface area contributed by atoms with E-state index in [1.54, 1.807) is 6.07 Å². The molecule has 1 nitrogen and oxygen atoms in total. The van der Waals surface area contributed by atoms with Crippen LogP contribution in [0.15, 0.2) is 18.2 Å². The van der Waals surface area contributed by atoms with Crippen LogP contribution >= 0.6 is 0 Å². The maximum atomic E-state index is 9.14. The second-order valence-corrected chi connectivity index (χ2v) is 3.47. The quantitative estimate of drug-likeness (QED) is 0.752. The minimum absolute atomic E-state index is 0.386. The van der Waals surface area contributed by atoms with Gasteiger partial charge in [0.05, 0.1) is 0 Å². The number of aromatic hydroxyl groups is 1. The molecule has 0 aliphatic rings. The van der Waals surface area contributed by atoms with Crippen LogP contribution in [-0.4, -0.2) is 5.11 Å². The SMILES string of the molecule is CCCC.CCc1ccc(O)c(C)c1. The van der Waals surface area contributed by atoms with Crippen molar-refractivity contribution in [3.8, 4) is 5.75 Å². The Morgan fingerprint density at radius 2 is 1.64 bits per heavy atom. The summed E-state index contributed by atoms with van der Waals surface area (Å²) in [6, 6.07) is 5.70. The molecule has 1 N–H and O–H groups in total. The molecule has 0 atom stereocenters. The van der Waals surface area contributed by atoms with Crippen molar-refractivity contribution in [1.29, 1.82) is 0 Å². The summed E-state index contributed by atoms with van der Waals surface area (Å²) < 4.78 is 0. The van der Waals surface area contributed by atoms with Crippen LogP contribution in [-0.2, 0) is 6.42 Å². The zero-order valence-corrected chi connectivity index (χ0v) is 9.80. The maximum absolute atomic E-state index is 9.14. The maximum Gasteiger partial charge on any atom is 0.118 e. The van der Waals surface area contributed by atoms with Crippen LogP contribution in [0.1, 0.15) is 44.7 Å². The largest absolute Gasteiger partial charge is 0.508 e.